The number of nitrogens with zero attached hydrogens (tertiary/aromatic N) is 2. The summed E-state index contributed by atoms with van der Waals surface area (Å²) in [5.74, 6) is 0.0274. The second-order valence-electron chi connectivity index (χ2n) is 6.55. The Bertz CT molecular complexity index is 1030. The van der Waals surface area contributed by atoms with E-state index < -0.39 is 22.2 Å². The van der Waals surface area contributed by atoms with Crippen molar-refractivity contribution >= 4 is 16.1 Å². The number of carbonyl (C=O) groups excluding carboxylic acids is 1. The predicted octanol–water partition coefficient (Wildman–Crippen LogP) is 2.66. The van der Waals surface area contributed by atoms with Crippen molar-refractivity contribution in [2.24, 2.45) is 0 Å². The molecule has 0 saturated carbocycles. The van der Waals surface area contributed by atoms with Gasteiger partial charge in [-0.3, -0.25) is 8.86 Å². The fourth-order valence-electron chi connectivity index (χ4n) is 2.66. The van der Waals surface area contributed by atoms with Crippen molar-refractivity contribution in [3.05, 3.63) is 84.2 Å². The topological polar surface area (TPSA) is 96.7 Å². The van der Waals surface area contributed by atoms with E-state index >= 15 is 0 Å². The molecule has 9 heteroatoms. The molecule has 0 aliphatic rings. The molecule has 158 valence electrons. The molecule has 0 aliphatic carbocycles. The van der Waals surface area contributed by atoms with Crippen LogP contribution in [0.25, 0.3) is 0 Å². The number of rotatable bonds is 10. The first kappa shape index (κ1) is 21.5. The summed E-state index contributed by atoms with van der Waals surface area (Å²) in [4.78, 5) is 12.2. The van der Waals surface area contributed by atoms with Crippen LogP contribution in [0.1, 0.15) is 15.9 Å². The molecule has 0 aliphatic heterocycles. The van der Waals surface area contributed by atoms with Gasteiger partial charge in [0.15, 0.2) is 0 Å². The second kappa shape index (κ2) is 10.0. The van der Waals surface area contributed by atoms with E-state index in [1.165, 1.54) is 0 Å². The summed E-state index contributed by atoms with van der Waals surface area (Å²) in [6.07, 6.45) is 3.52. The van der Waals surface area contributed by atoms with Crippen molar-refractivity contribution in [2.45, 2.75) is 19.3 Å². The molecule has 1 atom stereocenters. The van der Waals surface area contributed by atoms with Crippen LogP contribution in [0.15, 0.2) is 73.1 Å². The number of ether oxygens (including phenoxy) is 2. The van der Waals surface area contributed by atoms with E-state index in [-0.39, 0.29) is 19.8 Å². The summed E-state index contributed by atoms with van der Waals surface area (Å²) in [6.45, 7) is 0.393. The first-order chi connectivity index (χ1) is 14.4. The molecule has 0 N–H and O–H groups in total. The summed E-state index contributed by atoms with van der Waals surface area (Å²) >= 11 is 0. The number of carbonyl (C=O) groups is 1. The Balaban J connectivity index is 1.54. The average molecular weight is 430 g/mol. The zero-order chi connectivity index (χ0) is 21.4. The van der Waals surface area contributed by atoms with Crippen LogP contribution in [0, 0.1) is 0 Å². The van der Waals surface area contributed by atoms with Gasteiger partial charge in [0.2, 0.25) is 0 Å². The summed E-state index contributed by atoms with van der Waals surface area (Å²) in [5.41, 5.74) is 1.29. The van der Waals surface area contributed by atoms with Crippen molar-refractivity contribution < 1.29 is 26.9 Å². The number of hydrogen-bond donors (Lipinski definition) is 0. The minimum Gasteiger partial charge on any atom is -0.491 e. The normalized spacial score (nSPS) is 12.3. The molecule has 1 aromatic heterocycles. The van der Waals surface area contributed by atoms with E-state index in [0.717, 1.165) is 11.8 Å². The molecule has 0 spiro atoms. The summed E-state index contributed by atoms with van der Waals surface area (Å²) in [6, 6.07) is 17.5. The third-order valence-electron chi connectivity index (χ3n) is 4.00. The number of esters is 1. The third-order valence-corrected chi connectivity index (χ3v) is 4.62. The zero-order valence-corrected chi connectivity index (χ0v) is 17.2. The van der Waals surface area contributed by atoms with E-state index in [2.05, 4.69) is 5.10 Å². The average Bonchev–Trinajstić information content (AvgIpc) is 3.23. The molecule has 0 fully saturated rings. The first-order valence-electron chi connectivity index (χ1n) is 9.19. The highest BCUT2D eigenvalue weighted by Gasteiger charge is 2.18. The third kappa shape index (κ3) is 7.02. The Morgan fingerprint density at radius 1 is 1.07 bits per heavy atom. The maximum Gasteiger partial charge on any atom is 0.338 e. The standard InChI is InChI=1S/C21H22N2O6S/c1-30(25,26)29-20(14-23-13-5-12-22-23)16-27-19-10-8-18(9-11-19)21(24)28-15-17-6-3-2-4-7-17/h2-13,20H,14-16H2,1H3/t20-/m0/s1. The lowest BCUT2D eigenvalue weighted by Gasteiger charge is -2.17. The number of hydrogen-bond acceptors (Lipinski definition) is 7. The zero-order valence-electron chi connectivity index (χ0n) is 16.4. The molecule has 2 aromatic carbocycles. The van der Waals surface area contributed by atoms with E-state index in [9.17, 15) is 13.2 Å². The summed E-state index contributed by atoms with van der Waals surface area (Å²) < 4.78 is 40.6. The van der Waals surface area contributed by atoms with Gasteiger partial charge in [-0.15, -0.1) is 0 Å². The molecule has 1 heterocycles. The van der Waals surface area contributed by atoms with Crippen LogP contribution in [-0.2, 0) is 32.2 Å². The highest BCUT2D eigenvalue weighted by Crippen LogP contribution is 2.15. The monoisotopic (exact) mass is 430 g/mol. The fraction of sp³-hybridized carbons (Fsp3) is 0.238. The van der Waals surface area contributed by atoms with Crippen LogP contribution in [0.4, 0.5) is 0 Å². The van der Waals surface area contributed by atoms with Crippen molar-refractivity contribution in [3.8, 4) is 5.75 Å². The molecule has 8 nitrogen and oxygen atoms in total. The molecule has 3 rings (SSSR count). The molecule has 0 saturated heterocycles. The maximum atomic E-state index is 12.2. The van der Waals surface area contributed by atoms with Gasteiger partial charge in [0.1, 0.15) is 25.1 Å². The fourth-order valence-corrected chi connectivity index (χ4v) is 3.27. The van der Waals surface area contributed by atoms with Crippen LogP contribution in [0.5, 0.6) is 5.75 Å². The molecule has 3 aromatic rings. The SMILES string of the molecule is CS(=O)(=O)O[C@H](COc1ccc(C(=O)OCc2ccccc2)cc1)Cn1cccn1. The second-order valence-corrected chi connectivity index (χ2v) is 8.15. The summed E-state index contributed by atoms with van der Waals surface area (Å²) in [7, 11) is -3.66. The van der Waals surface area contributed by atoms with E-state index in [0.29, 0.717) is 11.3 Å². The Hall–Kier alpha value is -3.17. The van der Waals surface area contributed by atoms with Gasteiger partial charge in [-0.1, -0.05) is 30.3 Å². The van der Waals surface area contributed by atoms with Crippen molar-refractivity contribution in [3.63, 3.8) is 0 Å². The predicted molar refractivity (Wildman–Crippen MR) is 109 cm³/mol. The van der Waals surface area contributed by atoms with E-state index in [1.807, 2.05) is 30.3 Å². The van der Waals surface area contributed by atoms with Gasteiger partial charge in [0, 0.05) is 12.4 Å². The maximum absolute atomic E-state index is 12.2. The highest BCUT2D eigenvalue weighted by molar-refractivity contribution is 7.86. The van der Waals surface area contributed by atoms with Crippen molar-refractivity contribution in [1.82, 2.24) is 9.78 Å². The lowest BCUT2D eigenvalue weighted by molar-refractivity contribution is 0.0472. The van der Waals surface area contributed by atoms with Gasteiger partial charge in [-0.25, -0.2) is 4.79 Å². The van der Waals surface area contributed by atoms with Crippen molar-refractivity contribution in [1.29, 1.82) is 0 Å². The van der Waals surface area contributed by atoms with Gasteiger partial charge in [0.25, 0.3) is 10.1 Å². The van der Waals surface area contributed by atoms with Crippen LogP contribution in [0.2, 0.25) is 0 Å². The van der Waals surface area contributed by atoms with E-state index in [4.69, 9.17) is 13.7 Å². The summed E-state index contributed by atoms with van der Waals surface area (Å²) in [5, 5.41) is 4.05. The Kier molecular flexibility index (Phi) is 7.21. The molecular weight excluding hydrogens is 408 g/mol. The van der Waals surface area contributed by atoms with Gasteiger partial charge < -0.3 is 9.47 Å². The van der Waals surface area contributed by atoms with Gasteiger partial charge in [-0.2, -0.15) is 13.5 Å². The first-order valence-corrected chi connectivity index (χ1v) is 11.0. The number of benzene rings is 2. The minimum absolute atomic E-state index is 0.00920. The van der Waals surface area contributed by atoms with Gasteiger partial charge in [0.05, 0.1) is 18.4 Å². The quantitative estimate of drug-likeness (QED) is 0.360. The van der Waals surface area contributed by atoms with Gasteiger partial charge >= 0.3 is 5.97 Å². The lowest BCUT2D eigenvalue weighted by Crippen LogP contribution is -2.29. The van der Waals surface area contributed by atoms with Gasteiger partial charge in [-0.05, 0) is 35.9 Å². The Morgan fingerprint density at radius 3 is 2.43 bits per heavy atom. The van der Waals surface area contributed by atoms with Crippen LogP contribution < -0.4 is 4.74 Å². The number of aromatic nitrogens is 2. The lowest BCUT2D eigenvalue weighted by atomic mass is 10.2. The van der Waals surface area contributed by atoms with Crippen LogP contribution >= 0.6 is 0 Å². The highest BCUT2D eigenvalue weighted by atomic mass is 32.2. The smallest absolute Gasteiger partial charge is 0.338 e. The Labute approximate surface area is 175 Å². The minimum atomic E-state index is -3.66. The largest absolute Gasteiger partial charge is 0.491 e. The molecular formula is C21H22N2O6S. The van der Waals surface area contributed by atoms with E-state index in [1.54, 1.807) is 47.4 Å². The van der Waals surface area contributed by atoms with Crippen LogP contribution in [-0.4, -0.2) is 43.1 Å². The molecule has 30 heavy (non-hydrogen) atoms. The molecule has 0 radical (unpaired) electrons. The van der Waals surface area contributed by atoms with Crippen LogP contribution in [0.3, 0.4) is 0 Å². The molecule has 0 unspecified atom stereocenters. The Morgan fingerprint density at radius 2 is 1.80 bits per heavy atom. The molecule has 0 amide bonds. The molecule has 0 bridgehead atoms. The van der Waals surface area contributed by atoms with Crippen molar-refractivity contribution in [2.75, 3.05) is 12.9 Å².